The van der Waals surface area contributed by atoms with Crippen molar-refractivity contribution in [2.75, 3.05) is 0 Å². The zero-order valence-electron chi connectivity index (χ0n) is 16.7. The Labute approximate surface area is 173 Å². The van der Waals surface area contributed by atoms with Crippen LogP contribution < -0.4 is 5.56 Å². The van der Waals surface area contributed by atoms with Crippen LogP contribution in [0.3, 0.4) is 0 Å². The molecule has 0 aromatic carbocycles. The van der Waals surface area contributed by atoms with E-state index in [2.05, 4.69) is 32.1 Å². The molecule has 1 N–H and O–H groups in total. The van der Waals surface area contributed by atoms with Crippen molar-refractivity contribution in [2.24, 2.45) is 13.0 Å². The third-order valence-corrected chi connectivity index (χ3v) is 5.97. The van der Waals surface area contributed by atoms with Crippen molar-refractivity contribution >= 4 is 11.0 Å². The zero-order valence-corrected chi connectivity index (χ0v) is 16.7. The summed E-state index contributed by atoms with van der Waals surface area (Å²) in [5.41, 5.74) is -1.70. The van der Waals surface area contributed by atoms with E-state index in [0.29, 0.717) is 5.92 Å². The Bertz CT molecular complexity index is 1340. The lowest BCUT2D eigenvalue weighted by atomic mass is 9.58. The van der Waals surface area contributed by atoms with Gasteiger partial charge in [-0.15, -0.1) is 10.2 Å². The fourth-order valence-corrected chi connectivity index (χ4v) is 4.62. The highest BCUT2D eigenvalue weighted by Gasteiger charge is 2.48. The maximum absolute atomic E-state index is 13.1. The summed E-state index contributed by atoms with van der Waals surface area (Å²) in [6.07, 6.45) is 2.18. The summed E-state index contributed by atoms with van der Waals surface area (Å²) in [6, 6.07) is 3.64. The van der Waals surface area contributed by atoms with E-state index < -0.39 is 22.8 Å². The number of nitrogens with one attached hydrogen (secondary N) is 1. The minimum absolute atomic E-state index is 0.220. The zero-order chi connectivity index (χ0) is 22.0. The van der Waals surface area contributed by atoms with Crippen molar-refractivity contribution in [1.29, 1.82) is 0 Å². The highest BCUT2D eigenvalue weighted by Crippen LogP contribution is 2.51. The molecule has 0 unspecified atom stereocenters. The van der Waals surface area contributed by atoms with E-state index in [4.69, 9.17) is 0 Å². The molecule has 4 aromatic heterocycles. The molecule has 5 rings (SSSR count). The van der Waals surface area contributed by atoms with Crippen molar-refractivity contribution in [3.63, 3.8) is 0 Å². The lowest BCUT2D eigenvalue weighted by Gasteiger charge is -2.46. The molecular weight excluding hydrogens is 411 g/mol. The van der Waals surface area contributed by atoms with Gasteiger partial charge in [0.25, 0.3) is 5.56 Å². The Balaban J connectivity index is 1.63. The molecule has 4 heterocycles. The molecule has 0 radical (unpaired) electrons. The van der Waals surface area contributed by atoms with Gasteiger partial charge in [-0.1, -0.05) is 6.92 Å². The summed E-state index contributed by atoms with van der Waals surface area (Å²) < 4.78 is 42.4. The molecule has 11 heteroatoms. The number of fused-ring (bicyclic) bond motifs is 1. The summed E-state index contributed by atoms with van der Waals surface area (Å²) in [5.74, 6) is 1.60. The molecule has 0 aliphatic heterocycles. The second kappa shape index (κ2) is 6.50. The molecule has 1 aliphatic rings. The molecule has 4 aromatic rings. The van der Waals surface area contributed by atoms with Crippen LogP contribution in [0.2, 0.25) is 0 Å². The van der Waals surface area contributed by atoms with Crippen LogP contribution in [0.15, 0.2) is 42.0 Å². The second-order valence-corrected chi connectivity index (χ2v) is 8.11. The lowest BCUT2D eigenvalue weighted by molar-refractivity contribution is -0.136. The molecular formula is C20H18F3N7O. The number of aryl methyl sites for hydroxylation is 1. The van der Waals surface area contributed by atoms with E-state index in [1.807, 2.05) is 17.7 Å². The van der Waals surface area contributed by atoms with Crippen LogP contribution in [0.5, 0.6) is 0 Å². The molecule has 0 amide bonds. The van der Waals surface area contributed by atoms with Crippen LogP contribution in [-0.4, -0.2) is 34.3 Å². The highest BCUT2D eigenvalue weighted by atomic mass is 19.4. The number of hydrogen-bond donors (Lipinski definition) is 1. The molecule has 31 heavy (non-hydrogen) atoms. The Hall–Kier alpha value is -3.50. The molecule has 8 nitrogen and oxygen atoms in total. The first-order chi connectivity index (χ1) is 14.7. The predicted molar refractivity (Wildman–Crippen MR) is 105 cm³/mol. The molecule has 0 spiro atoms. The van der Waals surface area contributed by atoms with Gasteiger partial charge in [0.1, 0.15) is 35.3 Å². The van der Waals surface area contributed by atoms with E-state index in [-0.39, 0.29) is 16.7 Å². The fourth-order valence-electron chi connectivity index (χ4n) is 4.62. The minimum Gasteiger partial charge on any atom is -0.355 e. The molecule has 0 bridgehead atoms. The van der Waals surface area contributed by atoms with Gasteiger partial charge in [0.05, 0.1) is 11.0 Å². The van der Waals surface area contributed by atoms with Gasteiger partial charge in [-0.25, -0.2) is 14.5 Å². The lowest BCUT2D eigenvalue weighted by Crippen LogP contribution is -2.43. The largest absolute Gasteiger partial charge is 0.419 e. The smallest absolute Gasteiger partial charge is 0.355 e. The van der Waals surface area contributed by atoms with Gasteiger partial charge in [0.2, 0.25) is 0 Å². The monoisotopic (exact) mass is 429 g/mol. The SMILES string of the molecule is CC1CC(c2ccnc(-n3cnc4c(C(F)(F)F)c[nH]c4c3=O)c2)(c2nncn2C)C1. The first kappa shape index (κ1) is 19.5. The maximum Gasteiger partial charge on any atom is 0.419 e. The topological polar surface area (TPSA) is 94.3 Å². The second-order valence-electron chi connectivity index (χ2n) is 8.11. The van der Waals surface area contributed by atoms with Crippen molar-refractivity contribution in [1.82, 2.24) is 34.3 Å². The third kappa shape index (κ3) is 2.87. The molecule has 0 saturated heterocycles. The molecule has 0 atom stereocenters. The van der Waals surface area contributed by atoms with Crippen LogP contribution in [0, 0.1) is 5.92 Å². The van der Waals surface area contributed by atoms with E-state index in [9.17, 15) is 18.0 Å². The maximum atomic E-state index is 13.1. The van der Waals surface area contributed by atoms with Gasteiger partial charge in [-0.3, -0.25) is 4.79 Å². The van der Waals surface area contributed by atoms with E-state index in [0.717, 1.165) is 41.3 Å². The summed E-state index contributed by atoms with van der Waals surface area (Å²) >= 11 is 0. The summed E-state index contributed by atoms with van der Waals surface area (Å²) in [5, 5.41) is 8.31. The van der Waals surface area contributed by atoms with Crippen LogP contribution in [0.4, 0.5) is 13.2 Å². The van der Waals surface area contributed by atoms with Gasteiger partial charge in [-0.2, -0.15) is 13.2 Å². The molecule has 1 fully saturated rings. The Morgan fingerprint density at radius 3 is 2.65 bits per heavy atom. The van der Waals surface area contributed by atoms with Crippen LogP contribution >= 0.6 is 0 Å². The van der Waals surface area contributed by atoms with E-state index in [1.165, 1.54) is 0 Å². The Morgan fingerprint density at radius 2 is 2.00 bits per heavy atom. The number of hydrogen-bond acceptors (Lipinski definition) is 5. The minimum atomic E-state index is -4.61. The Kier molecular flexibility index (Phi) is 4.08. The normalized spacial score (nSPS) is 21.4. The standard InChI is InChI=1S/C20H18F3N7O/c1-11-6-19(7-11,18-28-27-10-29(18)2)12-3-4-24-14(5-12)30-9-26-15-13(20(21,22)23)8-25-16(15)17(30)31/h3-5,8-11,25H,6-7H2,1-2H3. The van der Waals surface area contributed by atoms with E-state index in [1.54, 1.807) is 18.6 Å². The number of halogens is 3. The van der Waals surface area contributed by atoms with Crippen molar-refractivity contribution in [2.45, 2.75) is 31.4 Å². The van der Waals surface area contributed by atoms with Gasteiger partial charge in [-0.05, 0) is 36.5 Å². The molecule has 1 saturated carbocycles. The van der Waals surface area contributed by atoms with Gasteiger partial charge >= 0.3 is 6.18 Å². The summed E-state index contributed by atoms with van der Waals surface area (Å²) in [6.45, 7) is 2.16. The van der Waals surface area contributed by atoms with Crippen LogP contribution in [-0.2, 0) is 18.6 Å². The van der Waals surface area contributed by atoms with Gasteiger partial charge in [0.15, 0.2) is 0 Å². The van der Waals surface area contributed by atoms with Crippen molar-refractivity contribution < 1.29 is 13.2 Å². The van der Waals surface area contributed by atoms with Crippen molar-refractivity contribution in [3.8, 4) is 5.82 Å². The number of alkyl halides is 3. The predicted octanol–water partition coefficient (Wildman–Crippen LogP) is 2.97. The average Bonchev–Trinajstić information content (AvgIpc) is 3.32. The number of pyridine rings is 1. The number of aromatic nitrogens is 7. The summed E-state index contributed by atoms with van der Waals surface area (Å²) in [4.78, 5) is 23.5. The average molecular weight is 429 g/mol. The fraction of sp³-hybridized carbons (Fsp3) is 0.350. The molecule has 160 valence electrons. The quantitative estimate of drug-likeness (QED) is 0.540. The number of aromatic amines is 1. The molecule has 1 aliphatic carbocycles. The van der Waals surface area contributed by atoms with Crippen molar-refractivity contribution in [3.05, 3.63) is 64.5 Å². The number of H-pyrrole nitrogens is 1. The van der Waals surface area contributed by atoms with Crippen LogP contribution in [0.1, 0.15) is 36.7 Å². The van der Waals surface area contributed by atoms with Gasteiger partial charge < -0.3 is 9.55 Å². The highest BCUT2D eigenvalue weighted by molar-refractivity contribution is 5.78. The number of nitrogens with zero attached hydrogens (tertiary/aromatic N) is 6. The first-order valence-electron chi connectivity index (χ1n) is 9.68. The van der Waals surface area contributed by atoms with E-state index >= 15 is 0 Å². The van der Waals surface area contributed by atoms with Gasteiger partial charge in [0, 0.05) is 19.4 Å². The number of rotatable bonds is 3. The van der Waals surface area contributed by atoms with Crippen LogP contribution in [0.25, 0.3) is 16.9 Å². The Morgan fingerprint density at radius 1 is 1.23 bits per heavy atom. The third-order valence-electron chi connectivity index (χ3n) is 5.97. The summed E-state index contributed by atoms with van der Waals surface area (Å²) in [7, 11) is 1.88. The first-order valence-corrected chi connectivity index (χ1v) is 9.68.